The molecule has 1 saturated heterocycles. The van der Waals surface area contributed by atoms with Crippen molar-refractivity contribution in [1.82, 2.24) is 9.21 Å². The van der Waals surface area contributed by atoms with Crippen molar-refractivity contribution in [3.8, 4) is 0 Å². The highest BCUT2D eigenvalue weighted by Crippen LogP contribution is 2.24. The van der Waals surface area contributed by atoms with E-state index < -0.39 is 26.6 Å². The van der Waals surface area contributed by atoms with E-state index in [9.17, 15) is 22.0 Å². The van der Waals surface area contributed by atoms with Crippen LogP contribution in [0.2, 0.25) is 0 Å². The van der Waals surface area contributed by atoms with Gasteiger partial charge in [-0.05, 0) is 30.7 Å². The molecule has 1 aliphatic heterocycles. The van der Waals surface area contributed by atoms with Gasteiger partial charge in [0.2, 0.25) is 10.0 Å². The van der Waals surface area contributed by atoms with E-state index >= 15 is 0 Å². The van der Waals surface area contributed by atoms with E-state index in [0.29, 0.717) is 5.56 Å². The van der Waals surface area contributed by atoms with Gasteiger partial charge in [-0.15, -0.1) is 0 Å². The topological polar surface area (TPSA) is 57.7 Å². The number of halogens is 2. The van der Waals surface area contributed by atoms with Crippen LogP contribution < -0.4 is 0 Å². The highest BCUT2D eigenvalue weighted by molar-refractivity contribution is 7.89. The molecular formula is C18H18F2N2O3S. The smallest absolute Gasteiger partial charge is 0.254 e. The first-order valence-electron chi connectivity index (χ1n) is 8.11. The van der Waals surface area contributed by atoms with E-state index in [1.165, 1.54) is 0 Å². The van der Waals surface area contributed by atoms with Gasteiger partial charge in [0.05, 0.1) is 0 Å². The number of carbonyl (C=O) groups is 1. The molecule has 0 aliphatic carbocycles. The van der Waals surface area contributed by atoms with Crippen LogP contribution in [0, 0.1) is 18.6 Å². The molecule has 0 aromatic heterocycles. The largest absolute Gasteiger partial charge is 0.336 e. The minimum absolute atomic E-state index is 0.0201. The molecule has 2 aromatic carbocycles. The van der Waals surface area contributed by atoms with Crippen LogP contribution >= 0.6 is 0 Å². The second-order valence-corrected chi connectivity index (χ2v) is 7.94. The average molecular weight is 380 g/mol. The summed E-state index contributed by atoms with van der Waals surface area (Å²) in [5.74, 6) is -2.43. The van der Waals surface area contributed by atoms with Crippen molar-refractivity contribution < 1.29 is 22.0 Å². The third kappa shape index (κ3) is 3.34. The molecule has 26 heavy (non-hydrogen) atoms. The maximum absolute atomic E-state index is 13.9. The second kappa shape index (κ2) is 7.13. The van der Waals surface area contributed by atoms with E-state index in [1.54, 1.807) is 17.0 Å². The lowest BCUT2D eigenvalue weighted by atomic mass is 10.1. The van der Waals surface area contributed by atoms with Crippen molar-refractivity contribution in [2.24, 2.45) is 0 Å². The van der Waals surface area contributed by atoms with Crippen LogP contribution in [0.5, 0.6) is 0 Å². The number of carbonyl (C=O) groups excluding carboxylic acids is 1. The Kier molecular flexibility index (Phi) is 5.06. The summed E-state index contributed by atoms with van der Waals surface area (Å²) in [7, 11) is -4.30. The highest BCUT2D eigenvalue weighted by atomic mass is 32.2. The van der Waals surface area contributed by atoms with Crippen molar-refractivity contribution in [1.29, 1.82) is 0 Å². The molecular weight excluding hydrogens is 362 g/mol. The first-order chi connectivity index (χ1) is 12.3. The summed E-state index contributed by atoms with van der Waals surface area (Å²) in [5.41, 5.74) is 1.39. The SMILES string of the molecule is Cc1ccccc1C(=O)N1CCN(S(=O)(=O)c2c(F)cccc2F)CC1. The zero-order valence-corrected chi connectivity index (χ0v) is 15.0. The van der Waals surface area contributed by atoms with Crippen molar-refractivity contribution in [2.75, 3.05) is 26.2 Å². The minimum atomic E-state index is -4.30. The Hall–Kier alpha value is -2.32. The second-order valence-electron chi connectivity index (χ2n) is 6.06. The van der Waals surface area contributed by atoms with E-state index in [-0.39, 0.29) is 32.1 Å². The third-order valence-corrected chi connectivity index (χ3v) is 6.37. The summed E-state index contributed by atoms with van der Waals surface area (Å²) in [4.78, 5) is 13.2. The van der Waals surface area contributed by atoms with Crippen molar-refractivity contribution in [3.63, 3.8) is 0 Å². The molecule has 0 unspecified atom stereocenters. The van der Waals surface area contributed by atoms with Crippen LogP contribution in [0.25, 0.3) is 0 Å². The van der Waals surface area contributed by atoms with E-state index in [2.05, 4.69) is 0 Å². The molecule has 3 rings (SSSR count). The summed E-state index contributed by atoms with van der Waals surface area (Å²) in [5, 5.41) is 0. The van der Waals surface area contributed by atoms with Gasteiger partial charge >= 0.3 is 0 Å². The van der Waals surface area contributed by atoms with Gasteiger partial charge in [-0.3, -0.25) is 4.79 Å². The van der Waals surface area contributed by atoms with Crippen LogP contribution in [-0.4, -0.2) is 49.7 Å². The molecule has 8 heteroatoms. The van der Waals surface area contributed by atoms with Gasteiger partial charge in [0, 0.05) is 31.7 Å². The Morgan fingerprint density at radius 2 is 1.50 bits per heavy atom. The highest BCUT2D eigenvalue weighted by Gasteiger charge is 2.34. The Balaban J connectivity index is 1.76. The van der Waals surface area contributed by atoms with Crippen molar-refractivity contribution in [3.05, 3.63) is 65.2 Å². The molecule has 1 heterocycles. The van der Waals surface area contributed by atoms with Gasteiger partial charge in [0.15, 0.2) is 4.90 Å². The number of amides is 1. The Bertz CT molecular complexity index is 919. The van der Waals surface area contributed by atoms with Gasteiger partial charge in [-0.2, -0.15) is 4.31 Å². The molecule has 0 saturated carbocycles. The summed E-state index contributed by atoms with van der Waals surface area (Å²) < 4.78 is 53.9. The first kappa shape index (κ1) is 18.5. The predicted molar refractivity (Wildman–Crippen MR) is 92.2 cm³/mol. The van der Waals surface area contributed by atoms with Crippen LogP contribution in [0.1, 0.15) is 15.9 Å². The summed E-state index contributed by atoms with van der Waals surface area (Å²) in [6.45, 7) is 2.10. The molecule has 1 fully saturated rings. The lowest BCUT2D eigenvalue weighted by Gasteiger charge is -2.34. The predicted octanol–water partition coefficient (Wildman–Crippen LogP) is 2.42. The zero-order chi connectivity index (χ0) is 18.9. The van der Waals surface area contributed by atoms with Gasteiger partial charge in [0.25, 0.3) is 5.91 Å². The monoisotopic (exact) mass is 380 g/mol. The standard InChI is InChI=1S/C18H18F2N2O3S/c1-13-5-2-3-6-14(13)18(23)21-9-11-22(12-10-21)26(24,25)17-15(19)7-4-8-16(17)20/h2-8H,9-12H2,1H3. The van der Waals surface area contributed by atoms with Crippen LogP contribution in [0.3, 0.4) is 0 Å². The summed E-state index contributed by atoms with van der Waals surface area (Å²) in [6.07, 6.45) is 0. The summed E-state index contributed by atoms with van der Waals surface area (Å²) >= 11 is 0. The molecule has 1 amide bonds. The third-order valence-electron chi connectivity index (χ3n) is 4.42. The van der Waals surface area contributed by atoms with Crippen molar-refractivity contribution >= 4 is 15.9 Å². The number of sulfonamides is 1. The van der Waals surface area contributed by atoms with E-state index in [1.807, 2.05) is 19.1 Å². The fourth-order valence-electron chi connectivity index (χ4n) is 2.97. The normalized spacial score (nSPS) is 15.9. The van der Waals surface area contributed by atoms with Gasteiger partial charge < -0.3 is 4.90 Å². The number of hydrogen-bond acceptors (Lipinski definition) is 3. The molecule has 138 valence electrons. The molecule has 0 N–H and O–H groups in total. The van der Waals surface area contributed by atoms with Gasteiger partial charge in [0.1, 0.15) is 11.6 Å². The molecule has 5 nitrogen and oxygen atoms in total. The first-order valence-corrected chi connectivity index (χ1v) is 9.55. The number of benzene rings is 2. The lowest BCUT2D eigenvalue weighted by molar-refractivity contribution is 0.0697. The average Bonchev–Trinajstić information content (AvgIpc) is 2.61. The number of aryl methyl sites for hydroxylation is 1. The molecule has 0 spiro atoms. The van der Waals surface area contributed by atoms with Gasteiger partial charge in [-0.1, -0.05) is 24.3 Å². The van der Waals surface area contributed by atoms with E-state index in [4.69, 9.17) is 0 Å². The Morgan fingerprint density at radius 3 is 2.08 bits per heavy atom. The lowest BCUT2D eigenvalue weighted by Crippen LogP contribution is -2.50. The maximum Gasteiger partial charge on any atom is 0.254 e. The van der Waals surface area contributed by atoms with Crippen LogP contribution in [-0.2, 0) is 10.0 Å². The van der Waals surface area contributed by atoms with Crippen molar-refractivity contribution in [2.45, 2.75) is 11.8 Å². The van der Waals surface area contributed by atoms with Crippen LogP contribution in [0.4, 0.5) is 8.78 Å². The molecule has 0 bridgehead atoms. The summed E-state index contributed by atoms with van der Waals surface area (Å²) in [6, 6.07) is 10.1. The Morgan fingerprint density at radius 1 is 0.923 bits per heavy atom. The molecule has 1 aliphatic rings. The van der Waals surface area contributed by atoms with Crippen LogP contribution in [0.15, 0.2) is 47.4 Å². The number of hydrogen-bond donors (Lipinski definition) is 0. The number of rotatable bonds is 3. The van der Waals surface area contributed by atoms with E-state index in [0.717, 1.165) is 28.1 Å². The molecule has 2 aromatic rings. The number of piperazine rings is 1. The number of nitrogens with zero attached hydrogens (tertiary/aromatic N) is 2. The quantitative estimate of drug-likeness (QED) is 0.822. The zero-order valence-electron chi connectivity index (χ0n) is 14.2. The Labute approximate surface area is 150 Å². The van der Waals surface area contributed by atoms with Gasteiger partial charge in [-0.25, -0.2) is 17.2 Å². The fourth-order valence-corrected chi connectivity index (χ4v) is 4.50. The molecule has 0 radical (unpaired) electrons. The maximum atomic E-state index is 13.9. The minimum Gasteiger partial charge on any atom is -0.336 e. The molecule has 0 atom stereocenters. The fraction of sp³-hybridized carbons (Fsp3) is 0.278.